The molecule has 0 aliphatic rings. The summed E-state index contributed by atoms with van der Waals surface area (Å²) in [6.45, 7) is 18.2. The fourth-order valence-corrected chi connectivity index (χ4v) is 2.25. The molecule has 0 aromatic carbocycles. The summed E-state index contributed by atoms with van der Waals surface area (Å²) < 4.78 is 0. The molecule has 1 rings (SSSR count). The van der Waals surface area contributed by atoms with E-state index in [4.69, 9.17) is 9.97 Å². The van der Waals surface area contributed by atoms with E-state index in [-0.39, 0.29) is 5.41 Å². The molecule has 120 valence electrons. The maximum Gasteiger partial charge on any atom is 0.138 e. The molecule has 0 saturated heterocycles. The van der Waals surface area contributed by atoms with Gasteiger partial charge < -0.3 is 10.6 Å². The van der Waals surface area contributed by atoms with Crippen LogP contribution in [0.25, 0.3) is 0 Å². The Kier molecular flexibility index (Phi) is 5.99. The number of aromatic nitrogens is 2. The third-order valence-electron chi connectivity index (χ3n) is 3.73. The van der Waals surface area contributed by atoms with Gasteiger partial charge in [-0.3, -0.25) is 0 Å². The molecule has 0 aliphatic heterocycles. The summed E-state index contributed by atoms with van der Waals surface area (Å²) in [6.07, 6.45) is 1.09. The van der Waals surface area contributed by atoms with E-state index in [0.29, 0.717) is 12.0 Å². The first-order valence-electron chi connectivity index (χ1n) is 8.10. The van der Waals surface area contributed by atoms with Gasteiger partial charge in [-0.25, -0.2) is 9.97 Å². The Labute approximate surface area is 130 Å². The average molecular weight is 292 g/mol. The fourth-order valence-electron chi connectivity index (χ4n) is 2.25. The number of anilines is 2. The third-order valence-corrected chi connectivity index (χ3v) is 3.73. The number of nitrogens with zero attached hydrogens (tertiary/aromatic N) is 2. The molecule has 1 aromatic rings. The summed E-state index contributed by atoms with van der Waals surface area (Å²) in [7, 11) is 0. The van der Waals surface area contributed by atoms with Crippen LogP contribution in [0.2, 0.25) is 0 Å². The summed E-state index contributed by atoms with van der Waals surface area (Å²) in [5, 5.41) is 6.97. The van der Waals surface area contributed by atoms with Crippen molar-refractivity contribution in [1.82, 2.24) is 9.97 Å². The van der Waals surface area contributed by atoms with Crippen LogP contribution in [0.1, 0.15) is 66.3 Å². The molecule has 4 heteroatoms. The van der Waals surface area contributed by atoms with Crippen molar-refractivity contribution >= 4 is 11.6 Å². The smallest absolute Gasteiger partial charge is 0.138 e. The highest BCUT2D eigenvalue weighted by Crippen LogP contribution is 2.27. The average Bonchev–Trinajstić information content (AvgIpc) is 2.38. The second-order valence-corrected chi connectivity index (χ2v) is 7.05. The van der Waals surface area contributed by atoms with E-state index in [1.807, 2.05) is 0 Å². The van der Waals surface area contributed by atoms with Crippen molar-refractivity contribution < 1.29 is 0 Å². The predicted molar refractivity (Wildman–Crippen MR) is 92.2 cm³/mol. The van der Waals surface area contributed by atoms with Crippen LogP contribution in [-0.4, -0.2) is 22.6 Å². The van der Waals surface area contributed by atoms with Gasteiger partial charge in [-0.05, 0) is 26.2 Å². The standard InChI is InChI=1S/C17H32N4/c1-9-13(11(3)4)19-15-12(5)14(18-10-2)20-16(21-15)17(6,7)8/h11,13H,9-10H2,1-8H3,(H2,18,19,20,21). The van der Waals surface area contributed by atoms with Crippen LogP contribution >= 0.6 is 0 Å². The summed E-state index contributed by atoms with van der Waals surface area (Å²) in [6, 6.07) is 0.431. The highest BCUT2D eigenvalue weighted by Gasteiger charge is 2.22. The van der Waals surface area contributed by atoms with Gasteiger partial charge in [0.05, 0.1) is 0 Å². The molecule has 1 heterocycles. The van der Waals surface area contributed by atoms with Gasteiger partial charge >= 0.3 is 0 Å². The Balaban J connectivity index is 3.25. The molecule has 0 bridgehead atoms. The van der Waals surface area contributed by atoms with Crippen molar-refractivity contribution in [3.63, 3.8) is 0 Å². The van der Waals surface area contributed by atoms with E-state index in [9.17, 15) is 0 Å². The quantitative estimate of drug-likeness (QED) is 0.818. The van der Waals surface area contributed by atoms with E-state index >= 15 is 0 Å². The van der Waals surface area contributed by atoms with Gasteiger partial charge in [0, 0.05) is 23.6 Å². The van der Waals surface area contributed by atoms with E-state index in [1.165, 1.54) is 0 Å². The van der Waals surface area contributed by atoms with Crippen molar-refractivity contribution in [2.24, 2.45) is 5.92 Å². The SMILES string of the molecule is CCNc1nc(C(C)(C)C)nc(NC(CC)C(C)C)c1C. The van der Waals surface area contributed by atoms with Crippen LogP contribution in [0, 0.1) is 12.8 Å². The molecular formula is C17H32N4. The highest BCUT2D eigenvalue weighted by molar-refractivity contribution is 5.58. The monoisotopic (exact) mass is 292 g/mol. The highest BCUT2D eigenvalue weighted by atomic mass is 15.1. The van der Waals surface area contributed by atoms with Crippen LogP contribution in [0.4, 0.5) is 11.6 Å². The van der Waals surface area contributed by atoms with Crippen LogP contribution in [0.3, 0.4) is 0 Å². The normalized spacial score (nSPS) is 13.4. The van der Waals surface area contributed by atoms with E-state index in [2.05, 4.69) is 66.0 Å². The molecule has 1 unspecified atom stereocenters. The van der Waals surface area contributed by atoms with Crippen LogP contribution in [-0.2, 0) is 5.41 Å². The Morgan fingerprint density at radius 2 is 1.62 bits per heavy atom. The molecule has 21 heavy (non-hydrogen) atoms. The van der Waals surface area contributed by atoms with E-state index in [0.717, 1.165) is 36.0 Å². The van der Waals surface area contributed by atoms with Gasteiger partial charge in [-0.2, -0.15) is 0 Å². The van der Waals surface area contributed by atoms with Crippen molar-refractivity contribution in [2.45, 2.75) is 73.3 Å². The van der Waals surface area contributed by atoms with Gasteiger partial charge in [-0.15, -0.1) is 0 Å². The van der Waals surface area contributed by atoms with Gasteiger partial charge in [0.1, 0.15) is 17.5 Å². The molecule has 0 radical (unpaired) electrons. The summed E-state index contributed by atoms with van der Waals surface area (Å²) in [4.78, 5) is 9.50. The molecule has 1 atom stereocenters. The minimum atomic E-state index is -0.0617. The number of hydrogen-bond acceptors (Lipinski definition) is 4. The Hall–Kier alpha value is -1.32. The van der Waals surface area contributed by atoms with Gasteiger partial charge in [0.25, 0.3) is 0 Å². The van der Waals surface area contributed by atoms with Crippen molar-refractivity contribution in [2.75, 3.05) is 17.2 Å². The second kappa shape index (κ2) is 7.10. The lowest BCUT2D eigenvalue weighted by molar-refractivity contribution is 0.506. The summed E-state index contributed by atoms with van der Waals surface area (Å²) >= 11 is 0. The molecule has 0 saturated carbocycles. The van der Waals surface area contributed by atoms with Gasteiger partial charge in [-0.1, -0.05) is 41.5 Å². The fraction of sp³-hybridized carbons (Fsp3) is 0.765. The van der Waals surface area contributed by atoms with E-state index in [1.54, 1.807) is 0 Å². The Bertz CT molecular complexity index is 461. The van der Waals surface area contributed by atoms with Crippen molar-refractivity contribution in [1.29, 1.82) is 0 Å². The largest absolute Gasteiger partial charge is 0.370 e. The molecule has 0 amide bonds. The lowest BCUT2D eigenvalue weighted by Crippen LogP contribution is -2.27. The lowest BCUT2D eigenvalue weighted by atomic mass is 9.95. The first-order valence-corrected chi connectivity index (χ1v) is 8.10. The van der Waals surface area contributed by atoms with Crippen LogP contribution in [0.5, 0.6) is 0 Å². The van der Waals surface area contributed by atoms with E-state index < -0.39 is 0 Å². The zero-order valence-electron chi connectivity index (χ0n) is 15.0. The van der Waals surface area contributed by atoms with Crippen molar-refractivity contribution in [3.05, 3.63) is 11.4 Å². The summed E-state index contributed by atoms with van der Waals surface area (Å²) in [5.41, 5.74) is 1.04. The van der Waals surface area contributed by atoms with Gasteiger partial charge in [0.15, 0.2) is 0 Å². The first-order chi connectivity index (χ1) is 9.70. The first kappa shape index (κ1) is 17.7. The molecule has 0 spiro atoms. The molecule has 2 N–H and O–H groups in total. The number of rotatable bonds is 6. The van der Waals surface area contributed by atoms with Crippen LogP contribution < -0.4 is 10.6 Å². The zero-order chi connectivity index (χ0) is 16.2. The number of hydrogen-bond donors (Lipinski definition) is 2. The molecule has 4 nitrogen and oxygen atoms in total. The molecule has 0 fully saturated rings. The minimum Gasteiger partial charge on any atom is -0.370 e. The number of nitrogens with one attached hydrogen (secondary N) is 2. The zero-order valence-corrected chi connectivity index (χ0v) is 15.0. The van der Waals surface area contributed by atoms with Gasteiger partial charge in [0.2, 0.25) is 0 Å². The van der Waals surface area contributed by atoms with Crippen LogP contribution in [0.15, 0.2) is 0 Å². The topological polar surface area (TPSA) is 49.8 Å². The van der Waals surface area contributed by atoms with Crippen molar-refractivity contribution in [3.8, 4) is 0 Å². The second-order valence-electron chi connectivity index (χ2n) is 7.05. The molecule has 1 aromatic heterocycles. The third kappa shape index (κ3) is 4.58. The maximum atomic E-state index is 4.79. The Morgan fingerprint density at radius 3 is 2.05 bits per heavy atom. The molecular weight excluding hydrogens is 260 g/mol. The summed E-state index contributed by atoms with van der Waals surface area (Å²) in [5.74, 6) is 3.36. The maximum absolute atomic E-state index is 4.79. The minimum absolute atomic E-state index is 0.0617. The lowest BCUT2D eigenvalue weighted by Gasteiger charge is -2.25. The predicted octanol–water partition coefficient (Wildman–Crippen LogP) is 4.36. The molecule has 0 aliphatic carbocycles. The Morgan fingerprint density at radius 1 is 1.05 bits per heavy atom.